The molecule has 1 fully saturated rings. The Kier molecular flexibility index (Phi) is 6.79. The molecule has 0 aromatic heterocycles. The molecule has 0 unspecified atom stereocenters. The number of nitrogens with one attached hydrogen (secondary N) is 1. The summed E-state index contributed by atoms with van der Waals surface area (Å²) in [6.07, 6.45) is -4.38. The van der Waals surface area contributed by atoms with Gasteiger partial charge in [-0.2, -0.15) is 13.2 Å². The molecular formula is C16H23Cl2F3N2. The van der Waals surface area contributed by atoms with Gasteiger partial charge >= 0.3 is 6.18 Å². The fourth-order valence-corrected chi connectivity index (χ4v) is 3.38. The quantitative estimate of drug-likeness (QED) is 0.806. The number of piperazine rings is 1. The normalized spacial score (nSPS) is 18.4. The van der Waals surface area contributed by atoms with Crippen molar-refractivity contribution in [3.8, 4) is 0 Å². The minimum Gasteiger partial charge on any atom is -0.314 e. The van der Waals surface area contributed by atoms with Crippen molar-refractivity contribution in [3.63, 3.8) is 0 Å². The van der Waals surface area contributed by atoms with Crippen LogP contribution in [0.3, 0.4) is 0 Å². The summed E-state index contributed by atoms with van der Waals surface area (Å²) in [7, 11) is 0. The van der Waals surface area contributed by atoms with Gasteiger partial charge in [-0.1, -0.05) is 32.4 Å². The predicted octanol–water partition coefficient (Wildman–Crippen LogP) is 4.77. The van der Waals surface area contributed by atoms with Gasteiger partial charge in [-0.05, 0) is 29.2 Å². The monoisotopic (exact) mass is 370 g/mol. The topological polar surface area (TPSA) is 15.3 Å². The van der Waals surface area contributed by atoms with Gasteiger partial charge in [0.25, 0.3) is 0 Å². The summed E-state index contributed by atoms with van der Waals surface area (Å²) in [5.41, 5.74) is -0.237. The molecule has 0 spiro atoms. The Hall–Kier alpha value is -0.490. The first kappa shape index (κ1) is 20.6. The summed E-state index contributed by atoms with van der Waals surface area (Å²) in [4.78, 5) is 2.24. The molecular weight excluding hydrogens is 348 g/mol. The predicted molar refractivity (Wildman–Crippen MR) is 90.3 cm³/mol. The van der Waals surface area contributed by atoms with E-state index in [1.54, 1.807) is 6.07 Å². The van der Waals surface area contributed by atoms with Crippen LogP contribution in [-0.2, 0) is 6.18 Å². The van der Waals surface area contributed by atoms with Crippen molar-refractivity contribution in [1.82, 2.24) is 10.2 Å². The standard InChI is InChI=1S/C16H22ClF3N2.ClH/c1-15(2,3)14(22-6-4-21-5-7-22)11-8-12(16(18,19)20)10-13(17)9-11;/h8-10,14,21H,4-7H2,1-3H3;1H/t14-;/m0./s1. The van der Waals surface area contributed by atoms with Gasteiger partial charge in [0, 0.05) is 37.2 Å². The first-order valence-electron chi connectivity index (χ1n) is 7.41. The molecule has 1 aromatic carbocycles. The first-order valence-corrected chi connectivity index (χ1v) is 7.79. The number of alkyl halides is 3. The highest BCUT2D eigenvalue weighted by molar-refractivity contribution is 6.30. The van der Waals surface area contributed by atoms with Gasteiger partial charge < -0.3 is 5.32 Å². The Morgan fingerprint density at radius 2 is 1.65 bits per heavy atom. The third kappa shape index (κ3) is 5.24. The molecule has 2 nitrogen and oxygen atoms in total. The average molecular weight is 371 g/mol. The largest absolute Gasteiger partial charge is 0.416 e. The minimum atomic E-state index is -4.38. The number of hydrogen-bond acceptors (Lipinski definition) is 2. The van der Waals surface area contributed by atoms with Crippen molar-refractivity contribution in [2.45, 2.75) is 33.0 Å². The molecule has 23 heavy (non-hydrogen) atoms. The maximum absolute atomic E-state index is 13.1. The molecule has 0 radical (unpaired) electrons. The zero-order valence-corrected chi connectivity index (χ0v) is 15.1. The molecule has 1 saturated heterocycles. The molecule has 1 aromatic rings. The summed E-state index contributed by atoms with van der Waals surface area (Å²) in [6.45, 7) is 9.47. The second-order valence-corrected chi connectivity index (χ2v) is 7.26. The van der Waals surface area contributed by atoms with Crippen LogP contribution in [0, 0.1) is 5.41 Å². The fraction of sp³-hybridized carbons (Fsp3) is 0.625. The van der Waals surface area contributed by atoms with Crippen LogP contribution < -0.4 is 5.32 Å². The second kappa shape index (κ2) is 7.60. The van der Waals surface area contributed by atoms with E-state index in [0.717, 1.165) is 32.2 Å². The summed E-state index contributed by atoms with van der Waals surface area (Å²) in [6, 6.07) is 3.79. The second-order valence-electron chi connectivity index (χ2n) is 6.83. The lowest BCUT2D eigenvalue weighted by Gasteiger charge is -2.42. The van der Waals surface area contributed by atoms with E-state index in [0.29, 0.717) is 5.56 Å². The van der Waals surface area contributed by atoms with E-state index < -0.39 is 11.7 Å². The molecule has 7 heteroatoms. The van der Waals surface area contributed by atoms with E-state index in [9.17, 15) is 13.2 Å². The van der Waals surface area contributed by atoms with E-state index >= 15 is 0 Å². The molecule has 1 aliphatic rings. The van der Waals surface area contributed by atoms with E-state index in [1.807, 2.05) is 20.8 Å². The van der Waals surface area contributed by atoms with Crippen LogP contribution in [0.25, 0.3) is 0 Å². The van der Waals surface area contributed by atoms with Crippen LogP contribution >= 0.6 is 24.0 Å². The summed E-state index contributed by atoms with van der Waals surface area (Å²) >= 11 is 5.96. The molecule has 0 amide bonds. The summed E-state index contributed by atoms with van der Waals surface area (Å²) < 4.78 is 39.2. The maximum Gasteiger partial charge on any atom is 0.416 e. The highest BCUT2D eigenvalue weighted by Crippen LogP contribution is 2.41. The van der Waals surface area contributed by atoms with E-state index in [4.69, 9.17) is 11.6 Å². The lowest BCUT2D eigenvalue weighted by atomic mass is 9.80. The van der Waals surface area contributed by atoms with Crippen molar-refractivity contribution in [2.24, 2.45) is 5.41 Å². The number of hydrogen-bond donors (Lipinski definition) is 1. The Balaban J connectivity index is 0.00000264. The van der Waals surface area contributed by atoms with Crippen LogP contribution in [-0.4, -0.2) is 31.1 Å². The van der Waals surface area contributed by atoms with Gasteiger partial charge in [0.15, 0.2) is 0 Å². The number of rotatable bonds is 2. The molecule has 0 aliphatic carbocycles. The van der Waals surface area contributed by atoms with Crippen LogP contribution in [0.4, 0.5) is 13.2 Å². The zero-order valence-electron chi connectivity index (χ0n) is 13.5. The molecule has 1 heterocycles. The van der Waals surface area contributed by atoms with Crippen LogP contribution in [0.15, 0.2) is 18.2 Å². The van der Waals surface area contributed by atoms with Gasteiger partial charge in [0.05, 0.1) is 5.56 Å². The van der Waals surface area contributed by atoms with Crippen LogP contribution in [0.5, 0.6) is 0 Å². The number of halogens is 5. The van der Waals surface area contributed by atoms with Crippen molar-refractivity contribution < 1.29 is 13.2 Å². The molecule has 1 aliphatic heterocycles. The lowest BCUT2D eigenvalue weighted by Crippen LogP contribution is -2.48. The molecule has 132 valence electrons. The Morgan fingerprint density at radius 1 is 1.09 bits per heavy atom. The molecule has 0 saturated carbocycles. The van der Waals surface area contributed by atoms with Gasteiger partial charge in [-0.3, -0.25) is 4.90 Å². The highest BCUT2D eigenvalue weighted by atomic mass is 35.5. The van der Waals surface area contributed by atoms with Gasteiger partial charge in [-0.15, -0.1) is 12.4 Å². The van der Waals surface area contributed by atoms with Crippen LogP contribution in [0.2, 0.25) is 5.02 Å². The SMILES string of the molecule is CC(C)(C)[C@H](c1cc(Cl)cc(C(F)(F)F)c1)N1CCNCC1.Cl. The van der Waals surface area contributed by atoms with Crippen LogP contribution in [0.1, 0.15) is 37.9 Å². The van der Waals surface area contributed by atoms with E-state index in [1.165, 1.54) is 6.07 Å². The third-order valence-electron chi connectivity index (χ3n) is 3.90. The molecule has 1 atom stereocenters. The van der Waals surface area contributed by atoms with Gasteiger partial charge in [0.2, 0.25) is 0 Å². The van der Waals surface area contributed by atoms with Crippen molar-refractivity contribution in [1.29, 1.82) is 0 Å². The fourth-order valence-electron chi connectivity index (χ4n) is 3.13. The molecule has 0 bridgehead atoms. The zero-order chi connectivity index (χ0) is 16.5. The number of nitrogens with zero attached hydrogens (tertiary/aromatic N) is 1. The Bertz CT molecular complexity index is 521. The van der Waals surface area contributed by atoms with E-state index in [-0.39, 0.29) is 28.9 Å². The van der Waals surface area contributed by atoms with Gasteiger partial charge in [0.1, 0.15) is 0 Å². The maximum atomic E-state index is 13.1. The minimum absolute atomic E-state index is 0. The summed E-state index contributed by atoms with van der Waals surface area (Å²) in [5.74, 6) is 0. The first-order chi connectivity index (χ1) is 10.1. The lowest BCUT2D eigenvalue weighted by molar-refractivity contribution is -0.137. The third-order valence-corrected chi connectivity index (χ3v) is 4.12. The number of benzene rings is 1. The Morgan fingerprint density at radius 3 is 2.13 bits per heavy atom. The Labute approximate surface area is 146 Å². The molecule has 2 rings (SSSR count). The molecule has 1 N–H and O–H groups in total. The highest BCUT2D eigenvalue weighted by Gasteiger charge is 2.36. The van der Waals surface area contributed by atoms with Crippen molar-refractivity contribution in [3.05, 3.63) is 34.3 Å². The van der Waals surface area contributed by atoms with Gasteiger partial charge in [-0.25, -0.2) is 0 Å². The smallest absolute Gasteiger partial charge is 0.314 e. The van der Waals surface area contributed by atoms with Crippen molar-refractivity contribution in [2.75, 3.05) is 26.2 Å². The van der Waals surface area contributed by atoms with E-state index in [2.05, 4.69) is 10.2 Å². The van der Waals surface area contributed by atoms with Crippen molar-refractivity contribution >= 4 is 24.0 Å². The average Bonchev–Trinajstić information content (AvgIpc) is 2.36. The summed E-state index contributed by atoms with van der Waals surface area (Å²) in [5, 5.41) is 3.41.